The quantitative estimate of drug-likeness (QED) is 0.345. The van der Waals surface area contributed by atoms with Gasteiger partial charge in [-0.15, -0.1) is 0 Å². The summed E-state index contributed by atoms with van der Waals surface area (Å²) in [7, 11) is 0. The van der Waals surface area contributed by atoms with Crippen LogP contribution in [0.2, 0.25) is 0 Å². The van der Waals surface area contributed by atoms with Crippen LogP contribution in [0.1, 0.15) is 25.8 Å². The van der Waals surface area contributed by atoms with E-state index < -0.39 is 0 Å². The first-order chi connectivity index (χ1) is 8.49. The molecule has 0 spiro atoms. The van der Waals surface area contributed by atoms with Crippen LogP contribution in [0.15, 0.2) is 27.8 Å². The van der Waals surface area contributed by atoms with Gasteiger partial charge in [-0.25, -0.2) is 0 Å². The highest BCUT2D eigenvalue weighted by atomic mass is 79.9. The molecule has 0 aliphatic carbocycles. The third kappa shape index (κ3) is 3.46. The number of nitrogens with two attached hydrogens (primary N) is 1. The molecule has 0 fully saturated rings. The summed E-state index contributed by atoms with van der Waals surface area (Å²) >= 11 is 3.30. The van der Waals surface area contributed by atoms with Crippen LogP contribution in [0, 0.1) is 5.92 Å². The molecule has 0 heterocycles. The summed E-state index contributed by atoms with van der Waals surface area (Å²) < 4.78 is 0.783. The Bertz CT molecular complexity index is 474. The van der Waals surface area contributed by atoms with Gasteiger partial charge in [0.1, 0.15) is 0 Å². The third-order valence-corrected chi connectivity index (χ3v) is 3.18. The molecule has 0 radical (unpaired) electrons. The monoisotopic (exact) mass is 313 g/mol. The number of carbonyl (C=O) groups excluding carboxylic acids is 1. The van der Waals surface area contributed by atoms with Gasteiger partial charge in [0, 0.05) is 16.0 Å². The van der Waals surface area contributed by atoms with Crippen molar-refractivity contribution in [3.05, 3.63) is 28.2 Å². The first-order valence-corrected chi connectivity index (χ1v) is 6.37. The minimum Gasteiger partial charge on any atom is -0.409 e. The number of nitrogens with zero attached hydrogens (tertiary/aromatic N) is 1. The van der Waals surface area contributed by atoms with Crippen LogP contribution in [-0.4, -0.2) is 17.0 Å². The van der Waals surface area contributed by atoms with Crippen molar-refractivity contribution in [2.75, 3.05) is 5.32 Å². The minimum atomic E-state index is -0.0909. The molecule has 1 unspecified atom stereocenters. The lowest BCUT2D eigenvalue weighted by molar-refractivity contribution is -0.119. The van der Waals surface area contributed by atoms with Crippen molar-refractivity contribution < 1.29 is 10.0 Å². The van der Waals surface area contributed by atoms with Gasteiger partial charge in [0.05, 0.1) is 5.69 Å². The van der Waals surface area contributed by atoms with Gasteiger partial charge in [0.15, 0.2) is 5.84 Å². The first kappa shape index (κ1) is 14.5. The number of rotatable bonds is 4. The van der Waals surface area contributed by atoms with E-state index in [1.165, 1.54) is 0 Å². The van der Waals surface area contributed by atoms with E-state index in [9.17, 15) is 4.79 Å². The zero-order chi connectivity index (χ0) is 13.7. The lowest BCUT2D eigenvalue weighted by Crippen LogP contribution is -2.23. The maximum absolute atomic E-state index is 11.8. The van der Waals surface area contributed by atoms with Crippen molar-refractivity contribution in [3.8, 4) is 0 Å². The summed E-state index contributed by atoms with van der Waals surface area (Å²) in [5, 5.41) is 14.5. The van der Waals surface area contributed by atoms with Gasteiger partial charge in [0.2, 0.25) is 5.91 Å². The molecule has 1 aromatic rings. The van der Waals surface area contributed by atoms with Crippen LogP contribution in [0.25, 0.3) is 0 Å². The second-order valence-corrected chi connectivity index (χ2v) is 4.89. The van der Waals surface area contributed by atoms with Crippen molar-refractivity contribution >= 4 is 33.4 Å². The molecule has 1 rings (SSSR count). The number of benzene rings is 1. The number of hydrogen-bond donors (Lipinski definition) is 3. The number of anilines is 1. The van der Waals surface area contributed by atoms with E-state index in [2.05, 4.69) is 26.4 Å². The molecule has 1 aromatic carbocycles. The Morgan fingerprint density at radius 2 is 2.28 bits per heavy atom. The van der Waals surface area contributed by atoms with Crippen LogP contribution in [0.4, 0.5) is 5.69 Å². The van der Waals surface area contributed by atoms with Crippen LogP contribution < -0.4 is 11.1 Å². The van der Waals surface area contributed by atoms with Crippen LogP contribution >= 0.6 is 15.9 Å². The molecule has 0 aliphatic heterocycles. The molecule has 0 saturated carbocycles. The van der Waals surface area contributed by atoms with Crippen LogP contribution in [-0.2, 0) is 4.79 Å². The maximum Gasteiger partial charge on any atom is 0.227 e. The number of oxime groups is 1. The predicted molar refractivity (Wildman–Crippen MR) is 74.7 cm³/mol. The van der Waals surface area contributed by atoms with Crippen molar-refractivity contribution in [2.45, 2.75) is 20.3 Å². The van der Waals surface area contributed by atoms with Crippen molar-refractivity contribution in [3.63, 3.8) is 0 Å². The average molecular weight is 314 g/mol. The summed E-state index contributed by atoms with van der Waals surface area (Å²) in [6.45, 7) is 3.79. The van der Waals surface area contributed by atoms with Gasteiger partial charge in [-0.1, -0.05) is 34.9 Å². The summed E-state index contributed by atoms with van der Waals surface area (Å²) in [4.78, 5) is 11.8. The molecule has 0 bridgehead atoms. The Morgan fingerprint density at radius 3 is 2.83 bits per heavy atom. The zero-order valence-electron chi connectivity index (χ0n) is 10.3. The number of nitrogens with one attached hydrogen (secondary N) is 1. The van der Waals surface area contributed by atoms with Crippen molar-refractivity contribution in [1.29, 1.82) is 0 Å². The van der Waals surface area contributed by atoms with Gasteiger partial charge in [-0.2, -0.15) is 0 Å². The van der Waals surface area contributed by atoms with E-state index in [1.807, 2.05) is 13.8 Å². The van der Waals surface area contributed by atoms with Gasteiger partial charge in [-0.05, 0) is 24.6 Å². The summed E-state index contributed by atoms with van der Waals surface area (Å²) in [5.41, 5.74) is 6.58. The van der Waals surface area contributed by atoms with Gasteiger partial charge in [-0.3, -0.25) is 4.79 Å². The topological polar surface area (TPSA) is 87.7 Å². The molecular weight excluding hydrogens is 298 g/mol. The maximum atomic E-state index is 11.8. The van der Waals surface area contributed by atoms with E-state index in [0.29, 0.717) is 11.3 Å². The number of amidine groups is 1. The van der Waals surface area contributed by atoms with E-state index in [-0.39, 0.29) is 17.7 Å². The van der Waals surface area contributed by atoms with E-state index in [4.69, 9.17) is 10.9 Å². The first-order valence-electron chi connectivity index (χ1n) is 5.57. The highest BCUT2D eigenvalue weighted by molar-refractivity contribution is 9.10. The fraction of sp³-hybridized carbons (Fsp3) is 0.333. The molecule has 0 aromatic heterocycles. The smallest absolute Gasteiger partial charge is 0.227 e. The largest absolute Gasteiger partial charge is 0.409 e. The highest BCUT2D eigenvalue weighted by Crippen LogP contribution is 2.21. The predicted octanol–water partition coefficient (Wildman–Crippen LogP) is 2.53. The molecule has 1 amide bonds. The molecule has 1 atom stereocenters. The molecule has 4 N–H and O–H groups in total. The average Bonchev–Trinajstić information content (AvgIpc) is 2.38. The van der Waals surface area contributed by atoms with Crippen LogP contribution in [0.3, 0.4) is 0 Å². The van der Waals surface area contributed by atoms with E-state index >= 15 is 0 Å². The molecule has 0 saturated heterocycles. The lowest BCUT2D eigenvalue weighted by Gasteiger charge is -2.13. The Morgan fingerprint density at radius 1 is 1.61 bits per heavy atom. The second kappa shape index (κ2) is 6.39. The number of amides is 1. The van der Waals surface area contributed by atoms with Crippen LogP contribution in [0.5, 0.6) is 0 Å². The summed E-state index contributed by atoms with van der Waals surface area (Å²) in [6, 6.07) is 5.17. The SMILES string of the molecule is CCC(C)C(=O)Nc1ccc(Br)cc1/C(N)=N/O. The standard InChI is InChI=1S/C12H16BrN3O2/c1-3-7(2)12(17)15-10-5-4-8(13)6-9(10)11(14)16-18/h4-7,18H,3H2,1-2H3,(H2,14,16)(H,15,17). The molecule has 0 aliphatic rings. The number of hydrogen-bond acceptors (Lipinski definition) is 3. The lowest BCUT2D eigenvalue weighted by atomic mass is 10.1. The number of halogens is 1. The molecular formula is C12H16BrN3O2. The van der Waals surface area contributed by atoms with Gasteiger partial charge in [0.25, 0.3) is 0 Å². The fourth-order valence-corrected chi connectivity index (χ4v) is 1.69. The Kier molecular flexibility index (Phi) is 5.15. The van der Waals surface area contributed by atoms with E-state index in [0.717, 1.165) is 10.9 Å². The highest BCUT2D eigenvalue weighted by Gasteiger charge is 2.14. The van der Waals surface area contributed by atoms with Crippen molar-refractivity contribution in [2.24, 2.45) is 16.8 Å². The second-order valence-electron chi connectivity index (χ2n) is 3.97. The fourth-order valence-electron chi connectivity index (χ4n) is 1.33. The van der Waals surface area contributed by atoms with E-state index in [1.54, 1.807) is 18.2 Å². The molecule has 6 heteroatoms. The molecule has 18 heavy (non-hydrogen) atoms. The Hall–Kier alpha value is -1.56. The van der Waals surface area contributed by atoms with Gasteiger partial charge < -0.3 is 16.3 Å². The summed E-state index contributed by atoms with van der Waals surface area (Å²) in [5.74, 6) is -0.226. The zero-order valence-corrected chi connectivity index (χ0v) is 11.9. The van der Waals surface area contributed by atoms with Crippen molar-refractivity contribution in [1.82, 2.24) is 0 Å². The van der Waals surface area contributed by atoms with Gasteiger partial charge >= 0.3 is 0 Å². The Balaban J connectivity index is 3.06. The number of carbonyl (C=O) groups is 1. The molecule has 98 valence electrons. The third-order valence-electron chi connectivity index (χ3n) is 2.68. The minimum absolute atomic E-state index is 0.0456. The summed E-state index contributed by atoms with van der Waals surface area (Å²) in [6.07, 6.45) is 0.751. The Labute approximate surface area is 114 Å². The molecule has 5 nitrogen and oxygen atoms in total. The normalized spacial score (nSPS) is 13.2.